The van der Waals surface area contributed by atoms with Crippen molar-refractivity contribution in [2.45, 2.75) is 111 Å². The Kier molecular flexibility index (Phi) is 13.8. The number of fused-ring (bicyclic) bond motifs is 1. The molecule has 53 heavy (non-hydrogen) atoms. The lowest BCUT2D eigenvalue weighted by atomic mass is 10.0. The van der Waals surface area contributed by atoms with Crippen LogP contribution in [0.2, 0.25) is 0 Å². The van der Waals surface area contributed by atoms with Gasteiger partial charge in [-0.15, -0.1) is 0 Å². The largest absolute Gasteiger partial charge is 0.382 e. The summed E-state index contributed by atoms with van der Waals surface area (Å²) in [6, 6.07) is 6.20. The lowest BCUT2D eigenvalue weighted by Gasteiger charge is -2.06. The predicted octanol–water partition coefficient (Wildman–Crippen LogP) is 4.56. The first-order valence-corrected chi connectivity index (χ1v) is 18.3. The van der Waals surface area contributed by atoms with Crippen molar-refractivity contribution in [3.05, 3.63) is 113 Å². The van der Waals surface area contributed by atoms with Gasteiger partial charge in [-0.3, -0.25) is 19.6 Å². The number of aromatic amines is 2. The highest BCUT2D eigenvalue weighted by Gasteiger charge is 2.09. The van der Waals surface area contributed by atoms with Crippen LogP contribution < -0.4 is 28.2 Å². The highest BCUT2D eigenvalue weighted by atomic mass is 16.2. The number of rotatable bonds is 16. The third-order valence-electron chi connectivity index (χ3n) is 9.02. The van der Waals surface area contributed by atoms with E-state index in [1.165, 1.54) is 6.33 Å². The molecule has 13 nitrogen and oxygen atoms in total. The van der Waals surface area contributed by atoms with Gasteiger partial charge in [0, 0.05) is 60.6 Å². The average molecular weight is 718 g/mol. The Hall–Kier alpha value is -5.95. The second-order valence-corrected chi connectivity index (χ2v) is 13.4. The Labute approximate surface area is 307 Å². The maximum Gasteiger partial charge on any atom is 0.328 e. The van der Waals surface area contributed by atoms with Crippen LogP contribution in [0.5, 0.6) is 0 Å². The standard InChI is InChI=1S/C40H47N9O4/c1-29-24-47(39(52)45-37(29)50)19-15-11-7-3-5-9-13-17-31-21-32(23-33(22-31)26-49-28-44-34-35(41)42-27-43-36(34)49)18-14-10-6-4-8-12-16-20-48-25-30(2)38(51)46-40(48)53/h21-25,27-28H,3-12,15-16,19-20,26H2,1-2H3,(H2,41,42,43)(H,45,50,52)(H,46,51,53). The van der Waals surface area contributed by atoms with Gasteiger partial charge in [-0.2, -0.15) is 0 Å². The van der Waals surface area contributed by atoms with Crippen LogP contribution in [-0.4, -0.2) is 38.6 Å². The van der Waals surface area contributed by atoms with Crippen molar-refractivity contribution < 1.29 is 0 Å². The number of benzene rings is 1. The molecule has 0 fully saturated rings. The summed E-state index contributed by atoms with van der Waals surface area (Å²) in [7, 11) is 0. The van der Waals surface area contributed by atoms with E-state index >= 15 is 0 Å². The second kappa shape index (κ2) is 19.0. The van der Waals surface area contributed by atoms with Gasteiger partial charge in [0.2, 0.25) is 0 Å². The highest BCUT2D eigenvalue weighted by molar-refractivity contribution is 5.81. The fraction of sp³-hybridized carbons (Fsp3) is 0.425. The van der Waals surface area contributed by atoms with Crippen LogP contribution >= 0.6 is 0 Å². The molecular formula is C40H47N9O4. The van der Waals surface area contributed by atoms with Crippen molar-refractivity contribution in [1.82, 2.24) is 38.6 Å². The first-order valence-electron chi connectivity index (χ1n) is 18.3. The number of imidazole rings is 1. The Morgan fingerprint density at radius 3 is 1.70 bits per heavy atom. The number of nitrogens with zero attached hydrogens (tertiary/aromatic N) is 6. The number of unbranched alkanes of at least 4 members (excludes halogenated alkanes) is 10. The minimum Gasteiger partial charge on any atom is -0.382 e. The predicted molar refractivity (Wildman–Crippen MR) is 207 cm³/mol. The normalized spacial score (nSPS) is 10.9. The highest BCUT2D eigenvalue weighted by Crippen LogP contribution is 2.18. The molecule has 0 saturated carbocycles. The van der Waals surface area contributed by atoms with Crippen LogP contribution in [0, 0.1) is 37.5 Å². The molecule has 0 amide bonds. The van der Waals surface area contributed by atoms with Crippen LogP contribution in [0.3, 0.4) is 0 Å². The molecule has 0 radical (unpaired) electrons. The fourth-order valence-corrected chi connectivity index (χ4v) is 6.09. The quantitative estimate of drug-likeness (QED) is 0.0982. The van der Waals surface area contributed by atoms with Crippen molar-refractivity contribution in [1.29, 1.82) is 0 Å². The van der Waals surface area contributed by atoms with Crippen molar-refractivity contribution >= 4 is 17.0 Å². The zero-order valence-electron chi connectivity index (χ0n) is 30.5. The number of aromatic nitrogens is 8. The monoisotopic (exact) mass is 717 g/mol. The molecule has 5 rings (SSSR count). The van der Waals surface area contributed by atoms with E-state index < -0.39 is 0 Å². The molecule has 13 heteroatoms. The Morgan fingerprint density at radius 1 is 0.642 bits per heavy atom. The third-order valence-corrected chi connectivity index (χ3v) is 9.02. The Balaban J connectivity index is 1.11. The van der Waals surface area contributed by atoms with Crippen molar-refractivity contribution in [3.63, 3.8) is 0 Å². The number of H-pyrrole nitrogens is 2. The van der Waals surface area contributed by atoms with Gasteiger partial charge in [-0.25, -0.2) is 24.5 Å². The Morgan fingerprint density at radius 2 is 1.15 bits per heavy atom. The molecular weight excluding hydrogens is 670 g/mol. The van der Waals surface area contributed by atoms with Gasteiger partial charge in [0.1, 0.15) is 11.8 Å². The summed E-state index contributed by atoms with van der Waals surface area (Å²) in [4.78, 5) is 64.6. The van der Waals surface area contributed by atoms with Gasteiger partial charge < -0.3 is 19.4 Å². The summed E-state index contributed by atoms with van der Waals surface area (Å²) in [6.07, 6.45) is 17.9. The van der Waals surface area contributed by atoms with Crippen LogP contribution in [0.25, 0.3) is 11.2 Å². The van der Waals surface area contributed by atoms with Gasteiger partial charge >= 0.3 is 11.4 Å². The molecule has 276 valence electrons. The zero-order valence-corrected chi connectivity index (χ0v) is 30.5. The maximum absolute atomic E-state index is 12.0. The lowest BCUT2D eigenvalue weighted by molar-refractivity contribution is 0.545. The van der Waals surface area contributed by atoms with Crippen molar-refractivity contribution in [2.75, 3.05) is 5.73 Å². The molecule has 0 saturated heterocycles. The summed E-state index contributed by atoms with van der Waals surface area (Å²) < 4.78 is 5.09. The lowest BCUT2D eigenvalue weighted by Crippen LogP contribution is -2.30. The molecule has 4 aromatic heterocycles. The second-order valence-electron chi connectivity index (χ2n) is 13.4. The van der Waals surface area contributed by atoms with Crippen molar-refractivity contribution in [3.8, 4) is 23.7 Å². The molecule has 0 spiro atoms. The smallest absolute Gasteiger partial charge is 0.328 e. The van der Waals surface area contributed by atoms with Gasteiger partial charge in [0.15, 0.2) is 11.5 Å². The molecule has 0 aliphatic carbocycles. The van der Waals surface area contributed by atoms with Crippen molar-refractivity contribution in [2.24, 2.45) is 0 Å². The number of nitrogens with two attached hydrogens (primary N) is 1. The van der Waals surface area contributed by atoms with Crippen LogP contribution in [0.1, 0.15) is 105 Å². The van der Waals surface area contributed by atoms with E-state index in [0.29, 0.717) is 47.7 Å². The summed E-state index contributed by atoms with van der Waals surface area (Å²) in [5, 5.41) is 0. The zero-order chi connectivity index (χ0) is 37.6. The molecule has 1 aromatic carbocycles. The SMILES string of the molecule is Cc1cn(CCCCCCCC#Cc2cc(C#CCCCCCCCn3cc(C)c(=O)[nH]c3=O)cc(Cn3cnc4c(N)ncnc43)c2)c(=O)[nH]c1=O. The van der Waals surface area contributed by atoms with Crippen LogP contribution in [0.15, 0.2) is 62.4 Å². The van der Waals surface area contributed by atoms with Crippen LogP contribution in [0.4, 0.5) is 5.82 Å². The first-order chi connectivity index (χ1) is 25.7. The molecule has 0 unspecified atom stereocenters. The van der Waals surface area contributed by atoms with Gasteiger partial charge in [-0.1, -0.05) is 62.2 Å². The van der Waals surface area contributed by atoms with E-state index in [1.54, 1.807) is 41.7 Å². The molecule has 4 heterocycles. The molecule has 0 atom stereocenters. The van der Waals surface area contributed by atoms with Gasteiger partial charge in [0.05, 0.1) is 12.9 Å². The Bertz CT molecular complexity index is 2270. The average Bonchev–Trinajstić information content (AvgIpc) is 3.54. The number of hydrogen-bond acceptors (Lipinski definition) is 8. The fourth-order valence-electron chi connectivity index (χ4n) is 6.09. The molecule has 0 bridgehead atoms. The minimum absolute atomic E-state index is 0.330. The summed E-state index contributed by atoms with van der Waals surface area (Å²) >= 11 is 0. The van der Waals surface area contributed by atoms with E-state index in [2.05, 4.69) is 60.7 Å². The van der Waals surface area contributed by atoms with Crippen LogP contribution in [-0.2, 0) is 19.6 Å². The number of nitrogen functional groups attached to an aromatic ring is 1. The molecule has 0 aliphatic heterocycles. The van der Waals surface area contributed by atoms with Gasteiger partial charge in [-0.05, 0) is 63.3 Å². The number of nitrogens with one attached hydrogen (secondary N) is 2. The molecule has 5 aromatic rings. The number of aryl methyl sites for hydroxylation is 4. The van der Waals surface area contributed by atoms with E-state index in [-0.39, 0.29) is 22.5 Å². The molecule has 0 aliphatic rings. The van der Waals surface area contributed by atoms with Gasteiger partial charge in [0.25, 0.3) is 11.1 Å². The van der Waals surface area contributed by atoms with E-state index in [9.17, 15) is 19.2 Å². The molecule has 4 N–H and O–H groups in total. The summed E-state index contributed by atoms with van der Waals surface area (Å²) in [5.74, 6) is 13.7. The van der Waals surface area contributed by atoms with E-state index in [4.69, 9.17) is 5.73 Å². The summed E-state index contributed by atoms with van der Waals surface area (Å²) in [6.45, 7) is 5.13. The van der Waals surface area contributed by atoms with E-state index in [1.807, 2.05) is 10.6 Å². The minimum atomic E-state index is -0.356. The summed E-state index contributed by atoms with van der Waals surface area (Å²) in [5.41, 5.74) is 9.81. The number of anilines is 1. The first kappa shape index (κ1) is 38.3. The maximum atomic E-state index is 12.0. The number of hydrogen-bond donors (Lipinski definition) is 3. The topological polar surface area (TPSA) is 179 Å². The third kappa shape index (κ3) is 11.3. The van der Waals surface area contributed by atoms with E-state index in [0.717, 1.165) is 93.7 Å².